The number of nitrogens with zero attached hydrogens (tertiary/aromatic N) is 3. The van der Waals surface area contributed by atoms with Crippen molar-refractivity contribution >= 4 is 36.9 Å². The van der Waals surface area contributed by atoms with E-state index in [9.17, 15) is 4.79 Å². The molecule has 0 bridgehead atoms. The van der Waals surface area contributed by atoms with Crippen molar-refractivity contribution in [3.63, 3.8) is 0 Å². The quantitative estimate of drug-likeness (QED) is 0.342. The Morgan fingerprint density at radius 3 is 2.48 bits per heavy atom. The van der Waals surface area contributed by atoms with Gasteiger partial charge in [-0.1, -0.05) is 5.16 Å². The van der Waals surface area contributed by atoms with Gasteiger partial charge in [0.1, 0.15) is 6.21 Å². The largest absolute Gasteiger partial charge is 0.411 e. The van der Waals surface area contributed by atoms with Crippen molar-refractivity contribution in [3.05, 3.63) is 60.2 Å². The van der Waals surface area contributed by atoms with Gasteiger partial charge in [-0.15, -0.1) is 24.8 Å². The van der Waals surface area contributed by atoms with Crippen LogP contribution in [0.3, 0.4) is 0 Å². The second-order valence-electron chi connectivity index (χ2n) is 4.27. The van der Waals surface area contributed by atoms with Crippen LogP contribution in [0.2, 0.25) is 0 Å². The molecular formula is C14H18Cl2N4O3+2. The molecule has 0 fully saturated rings. The third kappa shape index (κ3) is 6.19. The fourth-order valence-electron chi connectivity index (χ4n) is 1.74. The van der Waals surface area contributed by atoms with Gasteiger partial charge in [0.15, 0.2) is 18.6 Å². The standard InChI is InChI=1S/C14H14N4O3.2ClH/c15-14(19)12-4-7-17(8-5-12)10-21-11-18-6-2-1-3-13(18)9-16-20;;/h1-9H,10-11H2,(H-,15,19);2*1H/p+2. The molecule has 0 aliphatic rings. The van der Waals surface area contributed by atoms with Gasteiger partial charge in [-0.25, -0.2) is 0 Å². The SMILES string of the molecule is Cl.Cl.NC(=O)c1cc[n+](COC[n+]2ccccc2/C=N\O)cc1. The lowest BCUT2D eigenvalue weighted by molar-refractivity contribution is -0.788. The summed E-state index contributed by atoms with van der Waals surface area (Å²) >= 11 is 0. The van der Waals surface area contributed by atoms with E-state index in [1.54, 1.807) is 39.7 Å². The van der Waals surface area contributed by atoms with Crippen molar-refractivity contribution in [3.8, 4) is 0 Å². The Balaban J connectivity index is 0.00000242. The summed E-state index contributed by atoms with van der Waals surface area (Å²) < 4.78 is 9.12. The van der Waals surface area contributed by atoms with E-state index in [0.29, 0.717) is 24.7 Å². The second-order valence-corrected chi connectivity index (χ2v) is 4.27. The number of primary amides is 1. The van der Waals surface area contributed by atoms with Gasteiger partial charge in [-0.3, -0.25) is 9.53 Å². The number of amides is 1. The maximum atomic E-state index is 11.0. The van der Waals surface area contributed by atoms with E-state index in [1.165, 1.54) is 6.21 Å². The Bertz CT molecular complexity index is 651. The summed E-state index contributed by atoms with van der Waals surface area (Å²) in [5.74, 6) is -0.462. The summed E-state index contributed by atoms with van der Waals surface area (Å²) in [7, 11) is 0. The summed E-state index contributed by atoms with van der Waals surface area (Å²) in [6.45, 7) is 0.614. The van der Waals surface area contributed by atoms with Crippen molar-refractivity contribution in [2.45, 2.75) is 13.5 Å². The van der Waals surface area contributed by atoms with E-state index in [0.717, 1.165) is 0 Å². The zero-order chi connectivity index (χ0) is 15.1. The molecule has 2 heterocycles. The molecule has 124 valence electrons. The van der Waals surface area contributed by atoms with Crippen molar-refractivity contribution in [1.82, 2.24) is 0 Å². The van der Waals surface area contributed by atoms with Crippen LogP contribution in [0.5, 0.6) is 0 Å². The van der Waals surface area contributed by atoms with Crippen LogP contribution in [0.1, 0.15) is 16.1 Å². The van der Waals surface area contributed by atoms with Gasteiger partial charge in [0.25, 0.3) is 13.5 Å². The number of carbonyl (C=O) groups excluding carboxylic acids is 1. The van der Waals surface area contributed by atoms with Crippen molar-refractivity contribution in [2.75, 3.05) is 0 Å². The molecule has 9 heteroatoms. The summed E-state index contributed by atoms with van der Waals surface area (Å²) in [6, 6.07) is 8.76. The monoisotopic (exact) mass is 360 g/mol. The van der Waals surface area contributed by atoms with E-state index >= 15 is 0 Å². The van der Waals surface area contributed by atoms with Crippen molar-refractivity contribution in [1.29, 1.82) is 0 Å². The van der Waals surface area contributed by atoms with Gasteiger partial charge in [0, 0.05) is 24.3 Å². The van der Waals surface area contributed by atoms with Crippen LogP contribution in [-0.4, -0.2) is 17.3 Å². The molecule has 0 radical (unpaired) electrons. The number of hydrogen-bond acceptors (Lipinski definition) is 4. The van der Waals surface area contributed by atoms with E-state index in [1.807, 2.05) is 18.3 Å². The molecule has 1 amide bonds. The summed E-state index contributed by atoms with van der Waals surface area (Å²) in [4.78, 5) is 11.0. The van der Waals surface area contributed by atoms with Crippen LogP contribution in [0.4, 0.5) is 0 Å². The van der Waals surface area contributed by atoms with Gasteiger partial charge in [0.05, 0.1) is 5.56 Å². The number of hydrogen-bond donors (Lipinski definition) is 2. The molecule has 0 aliphatic heterocycles. The fourth-order valence-corrected chi connectivity index (χ4v) is 1.74. The third-order valence-corrected chi connectivity index (χ3v) is 2.81. The number of carbonyl (C=O) groups is 1. The van der Waals surface area contributed by atoms with Gasteiger partial charge < -0.3 is 10.9 Å². The first kappa shape index (κ1) is 20.8. The smallest absolute Gasteiger partial charge is 0.258 e. The van der Waals surface area contributed by atoms with E-state index in [4.69, 9.17) is 15.7 Å². The van der Waals surface area contributed by atoms with Crippen molar-refractivity contribution in [2.24, 2.45) is 10.9 Å². The average molecular weight is 361 g/mol. The average Bonchev–Trinajstić information content (AvgIpc) is 2.50. The molecule has 3 N–H and O–H groups in total. The summed E-state index contributed by atoms with van der Waals surface area (Å²) in [5.41, 5.74) is 6.34. The molecule has 2 aromatic rings. The minimum atomic E-state index is -0.462. The van der Waals surface area contributed by atoms with Crippen LogP contribution in [0.15, 0.2) is 54.1 Å². The highest BCUT2D eigenvalue weighted by molar-refractivity contribution is 5.92. The summed E-state index contributed by atoms with van der Waals surface area (Å²) in [5, 5.41) is 11.6. The maximum Gasteiger partial charge on any atom is 0.258 e. The number of pyridine rings is 2. The Morgan fingerprint density at radius 2 is 1.87 bits per heavy atom. The minimum absolute atomic E-state index is 0. The molecule has 2 rings (SSSR count). The van der Waals surface area contributed by atoms with Crippen LogP contribution in [-0.2, 0) is 18.2 Å². The van der Waals surface area contributed by atoms with Crippen molar-refractivity contribution < 1.29 is 23.9 Å². The Labute approximate surface area is 145 Å². The van der Waals surface area contributed by atoms with Crippen LogP contribution in [0, 0.1) is 0 Å². The lowest BCUT2D eigenvalue weighted by Crippen LogP contribution is -2.42. The van der Waals surface area contributed by atoms with Gasteiger partial charge >= 0.3 is 0 Å². The Kier molecular flexibility index (Phi) is 9.48. The summed E-state index contributed by atoms with van der Waals surface area (Å²) in [6.07, 6.45) is 6.58. The van der Waals surface area contributed by atoms with Gasteiger partial charge in [-0.05, 0) is 6.07 Å². The van der Waals surface area contributed by atoms with Gasteiger partial charge in [-0.2, -0.15) is 9.13 Å². The van der Waals surface area contributed by atoms with E-state index in [2.05, 4.69) is 5.16 Å². The number of halogens is 2. The molecule has 0 unspecified atom stereocenters. The molecule has 2 aromatic heterocycles. The predicted molar refractivity (Wildman–Crippen MR) is 86.8 cm³/mol. The highest BCUT2D eigenvalue weighted by atomic mass is 35.5. The normalized spacial score (nSPS) is 9.91. The van der Waals surface area contributed by atoms with Crippen LogP contribution in [0.25, 0.3) is 0 Å². The molecule has 0 aromatic carbocycles. The Morgan fingerprint density at radius 1 is 1.17 bits per heavy atom. The lowest BCUT2D eigenvalue weighted by atomic mass is 10.2. The number of aromatic nitrogens is 2. The highest BCUT2D eigenvalue weighted by Crippen LogP contribution is 1.93. The predicted octanol–water partition coefficient (Wildman–Crippen LogP) is 0.644. The maximum absolute atomic E-state index is 11.0. The zero-order valence-electron chi connectivity index (χ0n) is 12.1. The first-order valence-corrected chi connectivity index (χ1v) is 6.23. The Hall–Kier alpha value is -2.22. The zero-order valence-corrected chi connectivity index (χ0v) is 13.7. The third-order valence-electron chi connectivity index (χ3n) is 2.81. The number of oxime groups is 1. The van der Waals surface area contributed by atoms with E-state index < -0.39 is 5.91 Å². The number of rotatable bonds is 6. The molecule has 0 atom stereocenters. The molecule has 23 heavy (non-hydrogen) atoms. The minimum Gasteiger partial charge on any atom is -0.411 e. The topological polar surface area (TPSA) is 92.7 Å². The molecule has 0 saturated carbocycles. The first-order chi connectivity index (χ1) is 10.2. The second kappa shape index (κ2) is 10.5. The van der Waals surface area contributed by atoms with Gasteiger partial charge in [0.2, 0.25) is 11.6 Å². The molecule has 7 nitrogen and oxygen atoms in total. The molecule has 0 saturated heterocycles. The molecule has 0 spiro atoms. The molecule has 0 aliphatic carbocycles. The molecular weight excluding hydrogens is 343 g/mol. The lowest BCUT2D eigenvalue weighted by Gasteiger charge is -2.00. The van der Waals surface area contributed by atoms with Crippen LogP contribution >= 0.6 is 24.8 Å². The fraction of sp³-hybridized carbons (Fsp3) is 0.143. The number of nitrogens with two attached hydrogens (primary N) is 1. The van der Waals surface area contributed by atoms with Crippen LogP contribution < -0.4 is 14.9 Å². The first-order valence-electron chi connectivity index (χ1n) is 6.23. The number of ether oxygens (including phenoxy) is 1. The highest BCUT2D eigenvalue weighted by Gasteiger charge is 2.09. The van der Waals surface area contributed by atoms with E-state index in [-0.39, 0.29) is 24.8 Å².